The van der Waals surface area contributed by atoms with E-state index in [2.05, 4.69) is 10.5 Å². The van der Waals surface area contributed by atoms with Crippen molar-refractivity contribution in [3.05, 3.63) is 67.1 Å². The molecule has 2 aromatic carbocycles. The van der Waals surface area contributed by atoms with E-state index in [0.717, 1.165) is 6.07 Å². The van der Waals surface area contributed by atoms with Gasteiger partial charge in [0.15, 0.2) is 0 Å². The van der Waals surface area contributed by atoms with E-state index < -0.39 is 32.8 Å². The van der Waals surface area contributed by atoms with Crippen LogP contribution < -0.4 is 5.32 Å². The molecule has 2 saturated carbocycles. The molecule has 0 radical (unpaired) electrons. The lowest BCUT2D eigenvalue weighted by molar-refractivity contribution is -0.384. The van der Waals surface area contributed by atoms with Crippen LogP contribution in [0.2, 0.25) is 15.1 Å². The quantitative estimate of drug-likeness (QED) is 0.252. The number of hydrogen-bond donors (Lipinski definition) is 1. The highest BCUT2D eigenvalue weighted by Gasteiger charge is 2.71. The Labute approximate surface area is 216 Å². The zero-order valence-corrected chi connectivity index (χ0v) is 21.4. The number of nitrogens with zero attached hydrogens (tertiary/aromatic N) is 2. The van der Waals surface area contributed by atoms with Gasteiger partial charge in [0.2, 0.25) is 5.91 Å². The van der Waals surface area contributed by atoms with Crippen LogP contribution in [0.25, 0.3) is 0 Å². The van der Waals surface area contributed by atoms with Gasteiger partial charge in [0.05, 0.1) is 37.3 Å². The molecule has 1 N–H and O–H groups in total. The van der Waals surface area contributed by atoms with E-state index in [9.17, 15) is 19.7 Å². The molecule has 8 nitrogen and oxygen atoms in total. The maximum atomic E-state index is 13.6. The summed E-state index contributed by atoms with van der Waals surface area (Å²) in [6.45, 7) is 6.01. The minimum atomic E-state index is -0.856. The SMILES string of the molecule is CC12CCC(C(=O)Nc3cccc(Cl)c3Cl)(C/C1=N\OC(=O)c1ccc(Cl)c([N+](=O)[O-])c1)C2(C)C. The van der Waals surface area contributed by atoms with Crippen LogP contribution in [0.1, 0.15) is 50.4 Å². The number of fused-ring (bicyclic) bond motifs is 2. The Bertz CT molecular complexity index is 1300. The number of amides is 1. The molecule has 0 aliphatic heterocycles. The number of rotatable bonds is 5. The lowest BCUT2D eigenvalue weighted by Crippen LogP contribution is -2.43. The van der Waals surface area contributed by atoms with Crippen molar-refractivity contribution in [1.29, 1.82) is 0 Å². The maximum Gasteiger partial charge on any atom is 0.365 e. The lowest BCUT2D eigenvalue weighted by atomic mass is 9.64. The van der Waals surface area contributed by atoms with Crippen LogP contribution in [0.5, 0.6) is 0 Å². The van der Waals surface area contributed by atoms with Crippen molar-refractivity contribution < 1.29 is 19.3 Å². The first-order valence-corrected chi connectivity index (χ1v) is 12.0. The summed E-state index contributed by atoms with van der Waals surface area (Å²) >= 11 is 18.2. The van der Waals surface area contributed by atoms with E-state index in [1.807, 2.05) is 20.8 Å². The summed E-state index contributed by atoms with van der Waals surface area (Å²) in [6.07, 6.45) is 1.57. The highest BCUT2D eigenvalue weighted by Crippen LogP contribution is 2.71. The minimum Gasteiger partial charge on any atom is -0.324 e. The summed E-state index contributed by atoms with van der Waals surface area (Å²) < 4.78 is 0. The van der Waals surface area contributed by atoms with Gasteiger partial charge in [-0.25, -0.2) is 4.79 Å². The average molecular weight is 539 g/mol. The van der Waals surface area contributed by atoms with Gasteiger partial charge in [0, 0.05) is 17.9 Å². The number of nitro benzene ring substituents is 1. The van der Waals surface area contributed by atoms with Crippen LogP contribution in [-0.2, 0) is 9.63 Å². The zero-order chi connectivity index (χ0) is 25.8. The molecule has 11 heteroatoms. The largest absolute Gasteiger partial charge is 0.365 e. The molecule has 2 bridgehead atoms. The molecule has 0 heterocycles. The Hall–Kier alpha value is -2.68. The van der Waals surface area contributed by atoms with E-state index in [-0.39, 0.29) is 27.9 Å². The van der Waals surface area contributed by atoms with Crippen LogP contribution >= 0.6 is 34.8 Å². The van der Waals surface area contributed by atoms with Crippen molar-refractivity contribution in [2.75, 3.05) is 5.32 Å². The van der Waals surface area contributed by atoms with Crippen molar-refractivity contribution >= 4 is 63.8 Å². The Morgan fingerprint density at radius 2 is 1.80 bits per heavy atom. The molecular weight excluding hydrogens is 517 g/mol. The zero-order valence-electron chi connectivity index (χ0n) is 19.2. The molecule has 2 aliphatic carbocycles. The fourth-order valence-electron chi connectivity index (χ4n) is 5.29. The Balaban J connectivity index is 1.60. The summed E-state index contributed by atoms with van der Waals surface area (Å²) in [7, 11) is 0. The lowest BCUT2D eigenvalue weighted by Gasteiger charge is -2.39. The van der Waals surface area contributed by atoms with Gasteiger partial charge in [-0.2, -0.15) is 0 Å². The molecule has 0 aromatic heterocycles. The van der Waals surface area contributed by atoms with Crippen LogP contribution in [0.4, 0.5) is 11.4 Å². The summed E-state index contributed by atoms with van der Waals surface area (Å²) in [5, 5.41) is 18.7. The second-order valence-corrected chi connectivity index (χ2v) is 10.8. The van der Waals surface area contributed by atoms with Gasteiger partial charge in [0.25, 0.3) is 5.69 Å². The molecular formula is C24H22Cl3N3O5. The standard InChI is InChI=1S/C24H22Cl3N3O5/c1-22(2)23(3)9-10-24(22,21(32)28-16-6-4-5-15(26)19(16)27)12-18(23)29-35-20(31)13-7-8-14(25)17(11-13)30(33)34/h4-8,11H,9-10,12H2,1-3H3,(H,28,32)/b29-18+. The Morgan fingerprint density at radius 1 is 1.09 bits per heavy atom. The van der Waals surface area contributed by atoms with Crippen molar-refractivity contribution in [3.8, 4) is 0 Å². The number of hydrogen-bond acceptors (Lipinski definition) is 6. The first-order valence-electron chi connectivity index (χ1n) is 10.8. The smallest absolute Gasteiger partial charge is 0.324 e. The van der Waals surface area contributed by atoms with E-state index in [1.54, 1.807) is 18.2 Å². The first-order chi connectivity index (χ1) is 16.3. The molecule has 2 atom stereocenters. The maximum absolute atomic E-state index is 13.6. The highest BCUT2D eigenvalue weighted by molar-refractivity contribution is 6.44. The molecule has 4 rings (SSSR count). The molecule has 35 heavy (non-hydrogen) atoms. The Morgan fingerprint density at radius 3 is 2.49 bits per heavy atom. The van der Waals surface area contributed by atoms with Gasteiger partial charge in [-0.1, -0.05) is 66.8 Å². The number of nitro groups is 1. The average Bonchev–Trinajstić information content (AvgIpc) is 3.11. The highest BCUT2D eigenvalue weighted by atomic mass is 35.5. The fourth-order valence-corrected chi connectivity index (χ4v) is 5.83. The molecule has 184 valence electrons. The topological polar surface area (TPSA) is 111 Å². The summed E-state index contributed by atoms with van der Waals surface area (Å²) in [5.74, 6) is -1.06. The second-order valence-electron chi connectivity index (χ2n) is 9.61. The number of oxime groups is 1. The molecule has 2 fully saturated rings. The predicted molar refractivity (Wildman–Crippen MR) is 134 cm³/mol. The van der Waals surface area contributed by atoms with Gasteiger partial charge < -0.3 is 10.2 Å². The van der Waals surface area contributed by atoms with Gasteiger partial charge in [0.1, 0.15) is 5.02 Å². The third-order valence-corrected chi connectivity index (χ3v) is 9.12. The fraction of sp³-hybridized carbons (Fsp3) is 0.375. The van der Waals surface area contributed by atoms with Gasteiger partial charge in [-0.3, -0.25) is 14.9 Å². The summed E-state index contributed by atoms with van der Waals surface area (Å²) in [4.78, 5) is 41.8. The van der Waals surface area contributed by atoms with Crippen LogP contribution in [0.3, 0.4) is 0 Å². The predicted octanol–water partition coefficient (Wildman–Crippen LogP) is 6.92. The van der Waals surface area contributed by atoms with Crippen LogP contribution in [-0.4, -0.2) is 22.5 Å². The number of carbonyl (C=O) groups excluding carboxylic acids is 2. The molecule has 2 aliphatic rings. The molecule has 1 amide bonds. The first kappa shape index (κ1) is 25.4. The third kappa shape index (κ3) is 3.88. The number of carbonyl (C=O) groups is 2. The number of benzene rings is 2. The van der Waals surface area contributed by atoms with E-state index in [1.165, 1.54) is 12.1 Å². The monoisotopic (exact) mass is 537 g/mol. The number of nitrogens with one attached hydrogen (secondary N) is 1. The third-order valence-electron chi connectivity index (χ3n) is 7.99. The summed E-state index contributed by atoms with van der Waals surface area (Å²) in [5.41, 5.74) is -1.29. The second kappa shape index (κ2) is 8.76. The van der Waals surface area contributed by atoms with Gasteiger partial charge >= 0.3 is 5.97 Å². The van der Waals surface area contributed by atoms with Crippen molar-refractivity contribution in [2.45, 2.75) is 40.0 Å². The van der Waals surface area contributed by atoms with Gasteiger partial charge in [-0.05, 0) is 42.5 Å². The summed E-state index contributed by atoms with van der Waals surface area (Å²) in [6, 6.07) is 8.65. The van der Waals surface area contributed by atoms with E-state index in [4.69, 9.17) is 39.6 Å². The molecule has 0 spiro atoms. The van der Waals surface area contributed by atoms with Gasteiger partial charge in [-0.15, -0.1) is 0 Å². The van der Waals surface area contributed by atoms with Crippen molar-refractivity contribution in [2.24, 2.45) is 21.4 Å². The van der Waals surface area contributed by atoms with E-state index in [0.29, 0.717) is 29.3 Å². The number of anilines is 1. The Kier molecular flexibility index (Phi) is 6.36. The minimum absolute atomic E-state index is 0.0546. The number of halogens is 3. The normalized spacial score (nSPS) is 25.5. The van der Waals surface area contributed by atoms with Crippen LogP contribution in [0.15, 0.2) is 41.6 Å². The van der Waals surface area contributed by atoms with Crippen molar-refractivity contribution in [1.82, 2.24) is 0 Å². The molecule has 2 unspecified atom stereocenters. The van der Waals surface area contributed by atoms with E-state index >= 15 is 0 Å². The molecule has 0 saturated heterocycles. The van der Waals surface area contributed by atoms with Crippen LogP contribution in [0, 0.1) is 26.4 Å². The molecule has 2 aromatic rings. The van der Waals surface area contributed by atoms with Crippen molar-refractivity contribution in [3.63, 3.8) is 0 Å².